The van der Waals surface area contributed by atoms with Gasteiger partial charge in [0.1, 0.15) is 0 Å². The third kappa shape index (κ3) is 4.13. The number of thioether (sulfide) groups is 1. The molecule has 0 fully saturated rings. The minimum atomic E-state index is -3.15. The first-order valence-corrected chi connectivity index (χ1v) is 7.53. The first kappa shape index (κ1) is 13.5. The number of sulfone groups is 1. The summed E-state index contributed by atoms with van der Waals surface area (Å²) in [5, 5.41) is 17.8. The van der Waals surface area contributed by atoms with Crippen molar-refractivity contribution in [2.75, 3.05) is 18.6 Å². The average molecular weight is 262 g/mol. The van der Waals surface area contributed by atoms with E-state index in [0.717, 1.165) is 11.2 Å². The number of rotatable bonds is 5. The van der Waals surface area contributed by atoms with Gasteiger partial charge in [0.25, 0.3) is 0 Å². The van der Waals surface area contributed by atoms with Crippen LogP contribution in [0.15, 0.2) is 34.1 Å². The molecule has 0 bridgehead atoms. The van der Waals surface area contributed by atoms with Gasteiger partial charge in [-0.3, -0.25) is 0 Å². The third-order valence-corrected chi connectivity index (χ3v) is 4.19. The molecule has 0 aliphatic rings. The van der Waals surface area contributed by atoms with Crippen LogP contribution in [-0.4, -0.2) is 43.4 Å². The van der Waals surface area contributed by atoms with Crippen molar-refractivity contribution < 1.29 is 18.6 Å². The molecule has 1 aromatic rings. The van der Waals surface area contributed by atoms with E-state index in [1.54, 1.807) is 12.1 Å². The Kier molecular flexibility index (Phi) is 4.79. The lowest BCUT2D eigenvalue weighted by Gasteiger charge is -2.06. The largest absolute Gasteiger partial charge is 0.394 e. The monoisotopic (exact) mass is 262 g/mol. The van der Waals surface area contributed by atoms with Crippen LogP contribution in [0.4, 0.5) is 0 Å². The lowest BCUT2D eigenvalue weighted by Crippen LogP contribution is -2.14. The molecule has 0 aromatic heterocycles. The summed E-state index contributed by atoms with van der Waals surface area (Å²) in [6.07, 6.45) is 0.407. The Hall–Kier alpha value is -0.560. The summed E-state index contributed by atoms with van der Waals surface area (Å²) in [5.74, 6) is 0.384. The zero-order chi connectivity index (χ0) is 12.2. The molecular weight excluding hydrogens is 248 g/mol. The summed E-state index contributed by atoms with van der Waals surface area (Å²) < 4.78 is 22.4. The third-order valence-electron chi connectivity index (χ3n) is 1.91. The van der Waals surface area contributed by atoms with E-state index >= 15 is 0 Å². The maximum Gasteiger partial charge on any atom is 0.175 e. The first-order chi connectivity index (χ1) is 7.43. The van der Waals surface area contributed by atoms with Crippen LogP contribution < -0.4 is 0 Å². The summed E-state index contributed by atoms with van der Waals surface area (Å²) in [6, 6.07) is 6.43. The quantitative estimate of drug-likeness (QED) is 0.757. The molecule has 0 aliphatic heterocycles. The van der Waals surface area contributed by atoms with Crippen molar-refractivity contribution in [2.24, 2.45) is 0 Å². The molecule has 0 saturated carbocycles. The molecule has 0 saturated heterocycles. The fraction of sp³-hybridized carbons (Fsp3) is 0.400. The highest BCUT2D eigenvalue weighted by Gasteiger charge is 2.07. The average Bonchev–Trinajstić information content (AvgIpc) is 2.25. The van der Waals surface area contributed by atoms with E-state index in [2.05, 4.69) is 0 Å². The van der Waals surface area contributed by atoms with Gasteiger partial charge in [-0.2, -0.15) is 0 Å². The SMILES string of the molecule is CS(=O)(=O)c1ccc(SCC(O)CO)cc1. The van der Waals surface area contributed by atoms with Crippen LogP contribution in [0, 0.1) is 0 Å². The molecule has 0 heterocycles. The maximum absolute atomic E-state index is 11.2. The summed E-state index contributed by atoms with van der Waals surface area (Å²) in [4.78, 5) is 1.14. The van der Waals surface area contributed by atoms with Gasteiger partial charge in [0.05, 0.1) is 17.6 Å². The molecule has 0 spiro atoms. The van der Waals surface area contributed by atoms with Crippen molar-refractivity contribution in [3.8, 4) is 0 Å². The zero-order valence-electron chi connectivity index (χ0n) is 8.83. The Morgan fingerprint density at radius 2 is 1.88 bits per heavy atom. The molecule has 1 aromatic carbocycles. The van der Waals surface area contributed by atoms with Crippen molar-refractivity contribution in [1.82, 2.24) is 0 Å². The molecule has 1 atom stereocenters. The van der Waals surface area contributed by atoms with Crippen LogP contribution in [0.3, 0.4) is 0 Å². The van der Waals surface area contributed by atoms with Crippen LogP contribution in [-0.2, 0) is 9.84 Å². The second kappa shape index (κ2) is 5.67. The summed E-state index contributed by atoms with van der Waals surface area (Å²) >= 11 is 1.37. The van der Waals surface area contributed by atoms with Gasteiger partial charge in [-0.25, -0.2) is 8.42 Å². The highest BCUT2D eigenvalue weighted by atomic mass is 32.2. The topological polar surface area (TPSA) is 74.6 Å². The van der Waals surface area contributed by atoms with E-state index in [1.165, 1.54) is 23.9 Å². The molecule has 90 valence electrons. The van der Waals surface area contributed by atoms with Crippen LogP contribution in [0.2, 0.25) is 0 Å². The van der Waals surface area contributed by atoms with E-state index in [1.807, 2.05) is 0 Å². The van der Waals surface area contributed by atoms with Crippen molar-refractivity contribution in [1.29, 1.82) is 0 Å². The number of hydrogen-bond donors (Lipinski definition) is 2. The Bertz CT molecular complexity index is 425. The van der Waals surface area contributed by atoms with Crippen molar-refractivity contribution in [2.45, 2.75) is 15.9 Å². The second-order valence-corrected chi connectivity index (χ2v) is 6.50. The van der Waals surface area contributed by atoms with Gasteiger partial charge < -0.3 is 10.2 Å². The Morgan fingerprint density at radius 3 is 2.31 bits per heavy atom. The predicted molar refractivity (Wildman–Crippen MR) is 63.4 cm³/mol. The van der Waals surface area contributed by atoms with Crippen LogP contribution in [0.25, 0.3) is 0 Å². The van der Waals surface area contributed by atoms with E-state index in [4.69, 9.17) is 10.2 Å². The van der Waals surface area contributed by atoms with Gasteiger partial charge in [0, 0.05) is 16.9 Å². The summed E-state index contributed by atoms with van der Waals surface area (Å²) in [5.41, 5.74) is 0. The fourth-order valence-electron chi connectivity index (χ4n) is 1.03. The number of benzene rings is 1. The molecule has 0 aliphatic carbocycles. The Labute approximate surface area is 99.2 Å². The normalized spacial score (nSPS) is 13.7. The van der Waals surface area contributed by atoms with Gasteiger partial charge in [0.15, 0.2) is 9.84 Å². The van der Waals surface area contributed by atoms with Crippen molar-refractivity contribution >= 4 is 21.6 Å². The lowest BCUT2D eigenvalue weighted by molar-refractivity contribution is 0.113. The Balaban J connectivity index is 2.66. The molecule has 6 heteroatoms. The zero-order valence-corrected chi connectivity index (χ0v) is 10.5. The molecule has 16 heavy (non-hydrogen) atoms. The fourth-order valence-corrected chi connectivity index (χ4v) is 2.48. The molecule has 1 unspecified atom stereocenters. The minimum Gasteiger partial charge on any atom is -0.394 e. The second-order valence-electron chi connectivity index (χ2n) is 3.39. The molecular formula is C10H14O4S2. The van der Waals surface area contributed by atoms with Gasteiger partial charge in [-0.05, 0) is 24.3 Å². The molecule has 4 nitrogen and oxygen atoms in total. The van der Waals surface area contributed by atoms with Crippen molar-refractivity contribution in [3.63, 3.8) is 0 Å². The molecule has 2 N–H and O–H groups in total. The predicted octanol–water partition coefficient (Wildman–Crippen LogP) is 0.535. The van der Waals surface area contributed by atoms with Crippen LogP contribution in [0.5, 0.6) is 0 Å². The first-order valence-electron chi connectivity index (χ1n) is 4.65. The van der Waals surface area contributed by atoms with E-state index < -0.39 is 15.9 Å². The van der Waals surface area contributed by atoms with E-state index in [9.17, 15) is 8.42 Å². The van der Waals surface area contributed by atoms with Crippen LogP contribution >= 0.6 is 11.8 Å². The number of aliphatic hydroxyl groups excluding tert-OH is 2. The van der Waals surface area contributed by atoms with Crippen LogP contribution in [0.1, 0.15) is 0 Å². The van der Waals surface area contributed by atoms with E-state index in [-0.39, 0.29) is 11.5 Å². The summed E-state index contributed by atoms with van der Waals surface area (Å²) in [7, 11) is -3.15. The molecule has 1 rings (SSSR count). The summed E-state index contributed by atoms with van der Waals surface area (Å²) in [6.45, 7) is -0.269. The highest BCUT2D eigenvalue weighted by Crippen LogP contribution is 2.20. The standard InChI is InChI=1S/C10H14O4S2/c1-16(13,14)10-4-2-9(3-5-10)15-7-8(12)6-11/h2-5,8,11-12H,6-7H2,1H3. The number of aliphatic hydroxyl groups is 2. The maximum atomic E-state index is 11.2. The van der Waals surface area contributed by atoms with Gasteiger partial charge >= 0.3 is 0 Å². The van der Waals surface area contributed by atoms with Crippen molar-refractivity contribution in [3.05, 3.63) is 24.3 Å². The Morgan fingerprint density at radius 1 is 1.31 bits per heavy atom. The molecule has 0 amide bonds. The lowest BCUT2D eigenvalue weighted by atomic mass is 10.4. The number of hydrogen-bond acceptors (Lipinski definition) is 5. The minimum absolute atomic E-state index is 0.269. The smallest absolute Gasteiger partial charge is 0.175 e. The van der Waals surface area contributed by atoms with Gasteiger partial charge in [-0.15, -0.1) is 11.8 Å². The van der Waals surface area contributed by atoms with Gasteiger partial charge in [0.2, 0.25) is 0 Å². The molecule has 0 radical (unpaired) electrons. The van der Waals surface area contributed by atoms with E-state index in [0.29, 0.717) is 5.75 Å². The van der Waals surface area contributed by atoms with Gasteiger partial charge in [-0.1, -0.05) is 0 Å². The highest BCUT2D eigenvalue weighted by molar-refractivity contribution is 7.99.